The molecule has 1 aliphatic carbocycles. The molecule has 6 heteroatoms. The number of carbonyl (C=O) groups is 2. The highest BCUT2D eigenvalue weighted by Gasteiger charge is 2.25. The third kappa shape index (κ3) is 3.46. The molecule has 0 saturated carbocycles. The van der Waals surface area contributed by atoms with E-state index < -0.39 is 5.97 Å². The van der Waals surface area contributed by atoms with Crippen molar-refractivity contribution in [1.29, 1.82) is 0 Å². The van der Waals surface area contributed by atoms with E-state index >= 15 is 0 Å². The van der Waals surface area contributed by atoms with Gasteiger partial charge in [-0.25, -0.2) is 9.18 Å². The summed E-state index contributed by atoms with van der Waals surface area (Å²) in [5, 5.41) is 13.9. The molecule has 1 atom stereocenters. The van der Waals surface area contributed by atoms with E-state index in [9.17, 15) is 14.0 Å². The van der Waals surface area contributed by atoms with Crippen LogP contribution in [0.4, 0.5) is 9.18 Å². The van der Waals surface area contributed by atoms with Crippen molar-refractivity contribution in [2.75, 3.05) is 6.54 Å². The fraction of sp³-hybridized carbons (Fsp3) is 0.429. The number of carbonyl (C=O) groups excluding carboxylic acids is 1. The number of hydrogen-bond acceptors (Lipinski definition) is 2. The summed E-state index contributed by atoms with van der Waals surface area (Å²) in [4.78, 5) is 22.0. The molecular formula is C14H17FN2O3. The van der Waals surface area contributed by atoms with Gasteiger partial charge in [-0.3, -0.25) is 4.79 Å². The van der Waals surface area contributed by atoms with Gasteiger partial charge in [0.2, 0.25) is 0 Å². The van der Waals surface area contributed by atoms with E-state index in [0.29, 0.717) is 31.4 Å². The van der Waals surface area contributed by atoms with Crippen molar-refractivity contribution in [2.24, 2.45) is 0 Å². The van der Waals surface area contributed by atoms with Crippen LogP contribution in [0.1, 0.15) is 36.4 Å². The fourth-order valence-corrected chi connectivity index (χ4v) is 2.41. The number of aliphatic carboxylic acids is 1. The number of halogens is 1. The molecule has 0 aliphatic heterocycles. The van der Waals surface area contributed by atoms with E-state index in [4.69, 9.17) is 5.11 Å². The van der Waals surface area contributed by atoms with Gasteiger partial charge in [-0.05, 0) is 36.5 Å². The monoisotopic (exact) mass is 280 g/mol. The lowest BCUT2D eigenvalue weighted by molar-refractivity contribution is -0.137. The number of carboxylic acids is 1. The zero-order chi connectivity index (χ0) is 14.5. The van der Waals surface area contributed by atoms with E-state index in [0.717, 1.165) is 5.56 Å². The van der Waals surface area contributed by atoms with E-state index in [1.165, 1.54) is 6.07 Å². The lowest BCUT2D eigenvalue weighted by Gasteiger charge is -2.14. The topological polar surface area (TPSA) is 78.4 Å². The summed E-state index contributed by atoms with van der Waals surface area (Å²) < 4.78 is 13.5. The molecule has 0 fully saturated rings. The fourth-order valence-electron chi connectivity index (χ4n) is 2.41. The predicted molar refractivity (Wildman–Crippen MR) is 70.9 cm³/mol. The maximum Gasteiger partial charge on any atom is 0.315 e. The Labute approximate surface area is 116 Å². The van der Waals surface area contributed by atoms with Crippen molar-refractivity contribution in [1.82, 2.24) is 10.6 Å². The second-order valence-corrected chi connectivity index (χ2v) is 4.80. The van der Waals surface area contributed by atoms with Crippen LogP contribution in [0.3, 0.4) is 0 Å². The molecule has 3 N–H and O–H groups in total. The molecule has 1 unspecified atom stereocenters. The van der Waals surface area contributed by atoms with Gasteiger partial charge < -0.3 is 15.7 Å². The Kier molecular flexibility index (Phi) is 4.55. The van der Waals surface area contributed by atoms with Crippen molar-refractivity contribution in [2.45, 2.75) is 31.7 Å². The largest absolute Gasteiger partial charge is 0.481 e. The number of rotatable bonds is 5. The van der Waals surface area contributed by atoms with E-state index in [1.807, 2.05) is 6.07 Å². The smallest absolute Gasteiger partial charge is 0.315 e. The van der Waals surface area contributed by atoms with Gasteiger partial charge in [-0.15, -0.1) is 0 Å². The van der Waals surface area contributed by atoms with Crippen LogP contribution in [-0.4, -0.2) is 23.7 Å². The molecule has 0 radical (unpaired) electrons. The van der Waals surface area contributed by atoms with Crippen LogP contribution in [0, 0.1) is 5.82 Å². The van der Waals surface area contributed by atoms with E-state index in [2.05, 4.69) is 10.6 Å². The number of nitrogens with one attached hydrogen (secondary N) is 2. The summed E-state index contributed by atoms with van der Waals surface area (Å²) in [6.45, 7) is 0.306. The molecule has 2 rings (SSSR count). The Bertz CT molecular complexity index is 519. The SMILES string of the molecule is O=C(O)CCCNC(=O)NC1CCc2c(F)cccc21. The van der Waals surface area contributed by atoms with Gasteiger partial charge in [0.25, 0.3) is 0 Å². The van der Waals surface area contributed by atoms with Crippen LogP contribution >= 0.6 is 0 Å². The molecule has 0 aromatic heterocycles. The average Bonchev–Trinajstić information content (AvgIpc) is 2.79. The first-order valence-electron chi connectivity index (χ1n) is 6.61. The number of amides is 2. The van der Waals surface area contributed by atoms with Crippen molar-refractivity contribution < 1.29 is 19.1 Å². The average molecular weight is 280 g/mol. The Morgan fingerprint density at radius 2 is 2.20 bits per heavy atom. The molecule has 0 heterocycles. The Morgan fingerprint density at radius 3 is 2.95 bits per heavy atom. The highest BCUT2D eigenvalue weighted by molar-refractivity contribution is 5.74. The molecule has 0 bridgehead atoms. The first-order valence-corrected chi connectivity index (χ1v) is 6.61. The van der Waals surface area contributed by atoms with Crippen LogP contribution < -0.4 is 10.6 Å². The second-order valence-electron chi connectivity index (χ2n) is 4.80. The van der Waals surface area contributed by atoms with E-state index in [1.54, 1.807) is 6.07 Å². The number of fused-ring (bicyclic) bond motifs is 1. The van der Waals surface area contributed by atoms with Crippen molar-refractivity contribution in [3.63, 3.8) is 0 Å². The van der Waals surface area contributed by atoms with E-state index in [-0.39, 0.29) is 24.3 Å². The first-order chi connectivity index (χ1) is 9.58. The Hall–Kier alpha value is -2.11. The quantitative estimate of drug-likeness (QED) is 0.722. The van der Waals surface area contributed by atoms with Crippen LogP contribution in [0.5, 0.6) is 0 Å². The minimum absolute atomic E-state index is 0.0255. The normalized spacial score (nSPS) is 16.6. The number of benzene rings is 1. The van der Waals surface area contributed by atoms with Crippen LogP contribution in [0.25, 0.3) is 0 Å². The molecular weight excluding hydrogens is 263 g/mol. The van der Waals surface area contributed by atoms with Gasteiger partial charge in [0.15, 0.2) is 0 Å². The maximum absolute atomic E-state index is 13.5. The van der Waals surface area contributed by atoms with Crippen LogP contribution in [0.2, 0.25) is 0 Å². The zero-order valence-electron chi connectivity index (χ0n) is 11.0. The molecule has 0 saturated heterocycles. The summed E-state index contributed by atoms with van der Waals surface area (Å²) in [5.74, 6) is -1.11. The molecule has 108 valence electrons. The second kappa shape index (κ2) is 6.36. The van der Waals surface area contributed by atoms with Gasteiger partial charge in [-0.1, -0.05) is 12.1 Å². The minimum atomic E-state index is -0.882. The highest BCUT2D eigenvalue weighted by Crippen LogP contribution is 2.32. The van der Waals surface area contributed by atoms with Crippen molar-refractivity contribution >= 4 is 12.0 Å². The molecule has 2 amide bonds. The molecule has 1 aromatic rings. The van der Waals surface area contributed by atoms with Gasteiger partial charge in [-0.2, -0.15) is 0 Å². The third-order valence-corrected chi connectivity index (χ3v) is 3.37. The lowest BCUT2D eigenvalue weighted by Crippen LogP contribution is -2.37. The zero-order valence-corrected chi connectivity index (χ0v) is 11.0. The van der Waals surface area contributed by atoms with Gasteiger partial charge in [0, 0.05) is 13.0 Å². The number of carboxylic acid groups (broad SMARTS) is 1. The minimum Gasteiger partial charge on any atom is -0.481 e. The summed E-state index contributed by atoms with van der Waals surface area (Å²) >= 11 is 0. The Morgan fingerprint density at radius 1 is 1.40 bits per heavy atom. The molecule has 20 heavy (non-hydrogen) atoms. The maximum atomic E-state index is 13.5. The van der Waals surface area contributed by atoms with Crippen LogP contribution in [-0.2, 0) is 11.2 Å². The lowest BCUT2D eigenvalue weighted by atomic mass is 10.1. The van der Waals surface area contributed by atoms with Gasteiger partial charge >= 0.3 is 12.0 Å². The Balaban J connectivity index is 1.82. The first kappa shape index (κ1) is 14.3. The summed E-state index contributed by atoms with van der Waals surface area (Å²) in [6.07, 6.45) is 1.71. The standard InChI is InChI=1S/C14H17FN2O3/c15-11-4-1-3-10-9(11)6-7-12(10)17-14(20)16-8-2-5-13(18)19/h1,3-4,12H,2,5-8H2,(H,18,19)(H2,16,17,20). The molecule has 0 spiro atoms. The van der Waals surface area contributed by atoms with Crippen molar-refractivity contribution in [3.05, 3.63) is 35.1 Å². The molecule has 1 aliphatic rings. The summed E-state index contributed by atoms with van der Waals surface area (Å²) in [6, 6.07) is 4.35. The molecule has 5 nitrogen and oxygen atoms in total. The summed E-state index contributed by atoms with van der Waals surface area (Å²) in [7, 11) is 0. The van der Waals surface area contributed by atoms with Gasteiger partial charge in [0.1, 0.15) is 5.82 Å². The third-order valence-electron chi connectivity index (χ3n) is 3.37. The number of urea groups is 1. The van der Waals surface area contributed by atoms with Crippen LogP contribution in [0.15, 0.2) is 18.2 Å². The molecule has 1 aromatic carbocycles. The van der Waals surface area contributed by atoms with Gasteiger partial charge in [0.05, 0.1) is 6.04 Å². The summed E-state index contributed by atoms with van der Waals surface area (Å²) in [5.41, 5.74) is 1.49. The predicted octanol–water partition coefficient (Wildman–Crippen LogP) is 1.98. The highest BCUT2D eigenvalue weighted by atomic mass is 19.1. The van der Waals surface area contributed by atoms with Crippen molar-refractivity contribution in [3.8, 4) is 0 Å². The number of hydrogen-bond donors (Lipinski definition) is 3.